The molecule has 0 heterocycles. The van der Waals surface area contributed by atoms with E-state index in [0.29, 0.717) is 24.6 Å². The van der Waals surface area contributed by atoms with Crippen LogP contribution in [0.1, 0.15) is 45.4 Å². The van der Waals surface area contributed by atoms with Gasteiger partial charge in [-0.25, -0.2) is 4.79 Å². The number of aliphatic carboxylic acids is 1. The van der Waals surface area contributed by atoms with Gasteiger partial charge in [0.1, 0.15) is 0 Å². The standard InChI is InChI=1S/C14H26N2O3S/c1-10(13(17)18)5-4-8-15-14(19)16-11-6-3-7-12(9-11)20-2/h10-12H,3-9H2,1-2H3,(H,17,18)(H2,15,16,19). The lowest BCUT2D eigenvalue weighted by Gasteiger charge is -2.28. The molecule has 0 saturated heterocycles. The van der Waals surface area contributed by atoms with Crippen molar-refractivity contribution < 1.29 is 14.7 Å². The molecule has 116 valence electrons. The fourth-order valence-corrected chi connectivity index (χ4v) is 3.29. The third-order valence-electron chi connectivity index (χ3n) is 3.82. The maximum atomic E-state index is 11.7. The summed E-state index contributed by atoms with van der Waals surface area (Å²) in [4.78, 5) is 22.4. The number of hydrogen-bond acceptors (Lipinski definition) is 3. The van der Waals surface area contributed by atoms with Gasteiger partial charge in [0.25, 0.3) is 0 Å². The predicted molar refractivity (Wildman–Crippen MR) is 82.1 cm³/mol. The highest BCUT2D eigenvalue weighted by atomic mass is 32.2. The first-order chi connectivity index (χ1) is 9.52. The van der Waals surface area contributed by atoms with Crippen LogP contribution in [0.2, 0.25) is 0 Å². The summed E-state index contributed by atoms with van der Waals surface area (Å²) in [6.07, 6.45) is 7.93. The number of nitrogens with one attached hydrogen (secondary N) is 2. The Morgan fingerprint density at radius 3 is 2.80 bits per heavy atom. The van der Waals surface area contributed by atoms with Crippen LogP contribution in [0.3, 0.4) is 0 Å². The average molecular weight is 302 g/mol. The second-order valence-corrected chi connectivity index (χ2v) is 6.64. The highest BCUT2D eigenvalue weighted by Gasteiger charge is 2.22. The molecule has 0 aromatic rings. The summed E-state index contributed by atoms with van der Waals surface area (Å²) >= 11 is 1.88. The molecule has 1 aliphatic rings. The number of thioether (sulfide) groups is 1. The molecule has 3 N–H and O–H groups in total. The van der Waals surface area contributed by atoms with E-state index >= 15 is 0 Å². The van der Waals surface area contributed by atoms with E-state index in [4.69, 9.17) is 5.11 Å². The van der Waals surface area contributed by atoms with Crippen molar-refractivity contribution in [2.24, 2.45) is 5.92 Å². The van der Waals surface area contributed by atoms with Gasteiger partial charge in [-0.3, -0.25) is 4.79 Å². The molecule has 0 aliphatic heterocycles. The van der Waals surface area contributed by atoms with Gasteiger partial charge in [0.05, 0.1) is 5.92 Å². The van der Waals surface area contributed by atoms with Crippen molar-refractivity contribution in [3.05, 3.63) is 0 Å². The summed E-state index contributed by atoms with van der Waals surface area (Å²) in [6.45, 7) is 2.22. The Hall–Kier alpha value is -0.910. The zero-order valence-corrected chi connectivity index (χ0v) is 13.2. The van der Waals surface area contributed by atoms with E-state index in [1.165, 1.54) is 12.8 Å². The molecule has 3 unspecified atom stereocenters. The quantitative estimate of drug-likeness (QED) is 0.631. The SMILES string of the molecule is CSC1CCCC(NC(=O)NCCCC(C)C(=O)O)C1. The summed E-state index contributed by atoms with van der Waals surface area (Å²) in [5, 5.41) is 15.2. The number of carbonyl (C=O) groups excluding carboxylic acids is 1. The van der Waals surface area contributed by atoms with Crippen LogP contribution in [0.5, 0.6) is 0 Å². The Morgan fingerprint density at radius 1 is 1.40 bits per heavy atom. The van der Waals surface area contributed by atoms with Crippen molar-refractivity contribution in [3.8, 4) is 0 Å². The lowest BCUT2D eigenvalue weighted by Crippen LogP contribution is -2.44. The molecule has 1 aliphatic carbocycles. The maximum absolute atomic E-state index is 11.7. The van der Waals surface area contributed by atoms with Crippen LogP contribution in [0.15, 0.2) is 0 Å². The van der Waals surface area contributed by atoms with E-state index in [9.17, 15) is 9.59 Å². The number of carbonyl (C=O) groups is 2. The minimum Gasteiger partial charge on any atom is -0.481 e. The number of rotatable bonds is 7. The molecule has 3 atom stereocenters. The van der Waals surface area contributed by atoms with Crippen molar-refractivity contribution in [1.29, 1.82) is 0 Å². The molecule has 0 aromatic heterocycles. The number of urea groups is 1. The summed E-state index contributed by atoms with van der Waals surface area (Å²) in [5.74, 6) is -1.12. The molecule has 0 radical (unpaired) electrons. The second kappa shape index (κ2) is 9.10. The normalized spacial score (nSPS) is 23.9. The molecular formula is C14H26N2O3S. The number of carboxylic acid groups (broad SMARTS) is 1. The Morgan fingerprint density at radius 2 is 2.15 bits per heavy atom. The van der Waals surface area contributed by atoms with Gasteiger partial charge in [0.2, 0.25) is 0 Å². The lowest BCUT2D eigenvalue weighted by molar-refractivity contribution is -0.141. The van der Waals surface area contributed by atoms with Crippen LogP contribution in [0.25, 0.3) is 0 Å². The minimum atomic E-state index is -0.778. The average Bonchev–Trinajstić information content (AvgIpc) is 2.43. The van der Waals surface area contributed by atoms with Crippen LogP contribution in [0.4, 0.5) is 4.79 Å². The first kappa shape index (κ1) is 17.1. The van der Waals surface area contributed by atoms with Gasteiger partial charge >= 0.3 is 12.0 Å². The Bertz CT molecular complexity index is 326. The molecule has 1 saturated carbocycles. The maximum Gasteiger partial charge on any atom is 0.315 e. The first-order valence-electron chi connectivity index (χ1n) is 7.33. The zero-order valence-electron chi connectivity index (χ0n) is 12.4. The molecule has 6 heteroatoms. The van der Waals surface area contributed by atoms with E-state index in [-0.39, 0.29) is 18.0 Å². The van der Waals surface area contributed by atoms with Crippen LogP contribution in [-0.4, -0.2) is 41.2 Å². The van der Waals surface area contributed by atoms with Crippen molar-refractivity contribution in [1.82, 2.24) is 10.6 Å². The van der Waals surface area contributed by atoms with Gasteiger partial charge in [-0.2, -0.15) is 11.8 Å². The Labute approximate surface area is 125 Å². The molecule has 20 heavy (non-hydrogen) atoms. The lowest BCUT2D eigenvalue weighted by atomic mass is 9.95. The van der Waals surface area contributed by atoms with E-state index in [2.05, 4.69) is 16.9 Å². The first-order valence-corrected chi connectivity index (χ1v) is 8.61. The van der Waals surface area contributed by atoms with Crippen molar-refractivity contribution in [2.75, 3.05) is 12.8 Å². The third-order valence-corrected chi connectivity index (χ3v) is 4.91. The molecular weight excluding hydrogens is 276 g/mol. The third kappa shape index (κ3) is 6.50. The van der Waals surface area contributed by atoms with E-state index < -0.39 is 5.97 Å². The van der Waals surface area contributed by atoms with Gasteiger partial charge in [0.15, 0.2) is 0 Å². The molecule has 1 fully saturated rings. The summed E-state index contributed by atoms with van der Waals surface area (Å²) in [5.41, 5.74) is 0. The van der Waals surface area contributed by atoms with Crippen molar-refractivity contribution >= 4 is 23.8 Å². The number of amides is 2. The molecule has 0 spiro atoms. The fourth-order valence-electron chi connectivity index (χ4n) is 2.46. The van der Waals surface area contributed by atoms with Gasteiger partial charge < -0.3 is 15.7 Å². The second-order valence-electron chi connectivity index (χ2n) is 5.50. The fraction of sp³-hybridized carbons (Fsp3) is 0.857. The van der Waals surface area contributed by atoms with Crippen molar-refractivity contribution in [3.63, 3.8) is 0 Å². The summed E-state index contributed by atoms with van der Waals surface area (Å²) < 4.78 is 0. The highest BCUT2D eigenvalue weighted by molar-refractivity contribution is 7.99. The molecule has 0 bridgehead atoms. The van der Waals surface area contributed by atoms with Gasteiger partial charge in [-0.1, -0.05) is 13.3 Å². The summed E-state index contributed by atoms with van der Waals surface area (Å²) in [7, 11) is 0. The monoisotopic (exact) mass is 302 g/mol. The zero-order chi connectivity index (χ0) is 15.0. The van der Waals surface area contributed by atoms with Crippen LogP contribution >= 0.6 is 11.8 Å². The predicted octanol–water partition coefficient (Wildman–Crippen LogP) is 2.46. The molecule has 0 aromatic carbocycles. The van der Waals surface area contributed by atoms with E-state index in [1.807, 2.05) is 11.8 Å². The number of hydrogen-bond donors (Lipinski definition) is 3. The van der Waals surface area contributed by atoms with Gasteiger partial charge in [0, 0.05) is 17.8 Å². The van der Waals surface area contributed by atoms with Crippen LogP contribution in [-0.2, 0) is 4.79 Å². The Balaban J connectivity index is 2.12. The number of carboxylic acids is 1. The summed E-state index contributed by atoms with van der Waals surface area (Å²) in [6, 6.07) is 0.152. The smallest absolute Gasteiger partial charge is 0.315 e. The largest absolute Gasteiger partial charge is 0.481 e. The van der Waals surface area contributed by atoms with E-state index in [1.54, 1.807) is 6.92 Å². The van der Waals surface area contributed by atoms with Crippen LogP contribution in [0, 0.1) is 5.92 Å². The van der Waals surface area contributed by atoms with E-state index in [0.717, 1.165) is 12.8 Å². The van der Waals surface area contributed by atoms with Crippen LogP contribution < -0.4 is 10.6 Å². The molecule has 2 amide bonds. The Kier molecular flexibility index (Phi) is 7.80. The van der Waals surface area contributed by atoms with Gasteiger partial charge in [-0.15, -0.1) is 0 Å². The van der Waals surface area contributed by atoms with Gasteiger partial charge in [-0.05, 0) is 38.4 Å². The topological polar surface area (TPSA) is 78.4 Å². The minimum absolute atomic E-state index is 0.125. The van der Waals surface area contributed by atoms with Crippen molar-refractivity contribution in [2.45, 2.75) is 56.7 Å². The molecule has 1 rings (SSSR count). The highest BCUT2D eigenvalue weighted by Crippen LogP contribution is 2.26. The molecule has 5 nitrogen and oxygen atoms in total.